The van der Waals surface area contributed by atoms with Crippen LogP contribution in [0, 0.1) is 0 Å². The van der Waals surface area contributed by atoms with Crippen molar-refractivity contribution >= 4 is 5.97 Å². The Labute approximate surface area is 112 Å². The molecular formula is C13H19NO5. The molecule has 6 heteroatoms. The number of methoxy groups -OCH3 is 1. The summed E-state index contributed by atoms with van der Waals surface area (Å²) in [5.41, 5.74) is 0.998. The van der Waals surface area contributed by atoms with E-state index in [9.17, 15) is 4.79 Å². The first-order chi connectivity index (χ1) is 9.17. The number of benzene rings is 1. The molecule has 1 aromatic carbocycles. The molecule has 0 aliphatic heterocycles. The predicted octanol–water partition coefficient (Wildman–Crippen LogP) is 0.631. The van der Waals surface area contributed by atoms with Crippen LogP contribution in [0.25, 0.3) is 0 Å². The molecule has 0 fully saturated rings. The second kappa shape index (κ2) is 8.34. The number of ether oxygens (including phenoxy) is 2. The van der Waals surface area contributed by atoms with E-state index in [0.717, 1.165) is 12.1 Å². The second-order valence-electron chi connectivity index (χ2n) is 3.92. The third kappa shape index (κ3) is 5.58. The minimum Gasteiger partial charge on any atom is -0.493 e. The summed E-state index contributed by atoms with van der Waals surface area (Å²) in [6, 6.07) is 5.32. The first kappa shape index (κ1) is 15.3. The zero-order valence-corrected chi connectivity index (χ0v) is 10.9. The van der Waals surface area contributed by atoms with Crippen LogP contribution in [0.4, 0.5) is 0 Å². The monoisotopic (exact) mass is 269 g/mol. The fraction of sp³-hybridized carbons (Fsp3) is 0.462. The Morgan fingerprint density at radius 2 is 2.16 bits per heavy atom. The van der Waals surface area contributed by atoms with E-state index in [0.29, 0.717) is 24.5 Å². The highest BCUT2D eigenvalue weighted by Gasteiger charge is 2.07. The van der Waals surface area contributed by atoms with Crippen LogP contribution in [-0.2, 0) is 11.3 Å². The van der Waals surface area contributed by atoms with Gasteiger partial charge in [-0.3, -0.25) is 0 Å². The molecule has 19 heavy (non-hydrogen) atoms. The van der Waals surface area contributed by atoms with Crippen LogP contribution >= 0.6 is 0 Å². The number of aliphatic carboxylic acids is 1. The van der Waals surface area contributed by atoms with Gasteiger partial charge in [0.05, 0.1) is 7.11 Å². The number of hydrogen-bond acceptors (Lipinski definition) is 5. The van der Waals surface area contributed by atoms with Crippen LogP contribution in [0.1, 0.15) is 12.0 Å². The summed E-state index contributed by atoms with van der Waals surface area (Å²) in [6.07, 6.45) is 0.705. The smallest absolute Gasteiger partial charge is 0.341 e. The number of nitrogens with one attached hydrogen (secondary N) is 1. The van der Waals surface area contributed by atoms with E-state index in [1.807, 2.05) is 6.07 Å². The number of aliphatic hydroxyl groups excluding tert-OH is 1. The van der Waals surface area contributed by atoms with Crippen molar-refractivity contribution < 1.29 is 24.5 Å². The van der Waals surface area contributed by atoms with Gasteiger partial charge in [0.25, 0.3) is 0 Å². The molecule has 0 aliphatic rings. The highest BCUT2D eigenvalue weighted by atomic mass is 16.5. The van der Waals surface area contributed by atoms with Crippen LogP contribution < -0.4 is 14.8 Å². The van der Waals surface area contributed by atoms with E-state index in [1.165, 1.54) is 7.11 Å². The van der Waals surface area contributed by atoms with Gasteiger partial charge in [0.2, 0.25) is 0 Å². The summed E-state index contributed by atoms with van der Waals surface area (Å²) >= 11 is 0. The van der Waals surface area contributed by atoms with Gasteiger partial charge in [-0.05, 0) is 30.7 Å². The zero-order valence-electron chi connectivity index (χ0n) is 10.9. The Hall–Kier alpha value is -1.79. The quantitative estimate of drug-likeness (QED) is 0.570. The molecule has 0 aliphatic carbocycles. The van der Waals surface area contributed by atoms with Crippen molar-refractivity contribution in [2.24, 2.45) is 0 Å². The number of aliphatic hydroxyl groups is 1. The normalized spacial score (nSPS) is 10.2. The maximum Gasteiger partial charge on any atom is 0.341 e. The third-order valence-corrected chi connectivity index (χ3v) is 2.42. The highest BCUT2D eigenvalue weighted by Crippen LogP contribution is 2.27. The lowest BCUT2D eigenvalue weighted by Gasteiger charge is -2.11. The summed E-state index contributed by atoms with van der Waals surface area (Å²) in [4.78, 5) is 10.4. The van der Waals surface area contributed by atoms with E-state index in [2.05, 4.69) is 5.32 Å². The molecule has 0 unspecified atom stereocenters. The Balaban J connectivity index is 2.59. The molecular weight excluding hydrogens is 250 g/mol. The lowest BCUT2D eigenvalue weighted by atomic mass is 10.2. The molecule has 106 valence electrons. The molecule has 0 aromatic heterocycles. The van der Waals surface area contributed by atoms with Gasteiger partial charge in [-0.15, -0.1) is 0 Å². The zero-order chi connectivity index (χ0) is 14.1. The molecule has 0 bridgehead atoms. The number of rotatable bonds is 9. The first-order valence-corrected chi connectivity index (χ1v) is 6.00. The molecule has 1 aromatic rings. The maximum absolute atomic E-state index is 10.4. The molecule has 0 saturated carbocycles. The lowest BCUT2D eigenvalue weighted by molar-refractivity contribution is -0.139. The molecule has 0 saturated heterocycles. The van der Waals surface area contributed by atoms with Gasteiger partial charge < -0.3 is 25.0 Å². The average molecular weight is 269 g/mol. The molecule has 1 rings (SSSR count). The Morgan fingerprint density at radius 1 is 1.37 bits per heavy atom. The maximum atomic E-state index is 10.4. The Morgan fingerprint density at radius 3 is 2.79 bits per heavy atom. The number of hydrogen-bond donors (Lipinski definition) is 3. The number of carboxylic acid groups (broad SMARTS) is 1. The number of carbonyl (C=O) groups is 1. The van der Waals surface area contributed by atoms with Crippen LogP contribution in [0.3, 0.4) is 0 Å². The van der Waals surface area contributed by atoms with E-state index >= 15 is 0 Å². The summed E-state index contributed by atoms with van der Waals surface area (Å²) in [5.74, 6) is -0.122. The first-order valence-electron chi connectivity index (χ1n) is 6.00. The van der Waals surface area contributed by atoms with Crippen molar-refractivity contribution in [1.29, 1.82) is 0 Å². The van der Waals surface area contributed by atoms with E-state index < -0.39 is 12.6 Å². The lowest BCUT2D eigenvalue weighted by Crippen LogP contribution is -2.16. The molecule has 0 amide bonds. The van der Waals surface area contributed by atoms with Gasteiger partial charge in [-0.2, -0.15) is 0 Å². The second-order valence-corrected chi connectivity index (χ2v) is 3.92. The Bertz CT molecular complexity index is 408. The van der Waals surface area contributed by atoms with Crippen molar-refractivity contribution in [3.8, 4) is 11.5 Å². The summed E-state index contributed by atoms with van der Waals surface area (Å²) in [5, 5.41) is 20.4. The SMILES string of the molecule is COc1cc(CNCCCO)ccc1OCC(=O)O. The van der Waals surface area contributed by atoms with Crippen molar-refractivity contribution in [2.75, 3.05) is 26.9 Å². The van der Waals surface area contributed by atoms with Crippen molar-refractivity contribution in [3.05, 3.63) is 23.8 Å². The van der Waals surface area contributed by atoms with Gasteiger partial charge in [0.15, 0.2) is 18.1 Å². The number of carboxylic acids is 1. The molecule has 3 N–H and O–H groups in total. The summed E-state index contributed by atoms with van der Waals surface area (Å²) in [6.45, 7) is 1.15. The van der Waals surface area contributed by atoms with E-state index in [-0.39, 0.29) is 6.61 Å². The topological polar surface area (TPSA) is 88.0 Å². The summed E-state index contributed by atoms with van der Waals surface area (Å²) in [7, 11) is 1.51. The summed E-state index contributed by atoms with van der Waals surface area (Å²) < 4.78 is 10.3. The minimum atomic E-state index is -1.03. The Kier molecular flexibility index (Phi) is 6.70. The van der Waals surface area contributed by atoms with Gasteiger partial charge >= 0.3 is 5.97 Å². The largest absolute Gasteiger partial charge is 0.493 e. The van der Waals surface area contributed by atoms with Gasteiger partial charge in [0, 0.05) is 13.2 Å². The van der Waals surface area contributed by atoms with E-state index in [1.54, 1.807) is 12.1 Å². The van der Waals surface area contributed by atoms with Crippen LogP contribution in [-0.4, -0.2) is 43.1 Å². The van der Waals surface area contributed by atoms with Gasteiger partial charge in [0.1, 0.15) is 0 Å². The molecule has 0 atom stereocenters. The van der Waals surface area contributed by atoms with Crippen molar-refractivity contribution in [3.63, 3.8) is 0 Å². The van der Waals surface area contributed by atoms with Crippen LogP contribution in [0.15, 0.2) is 18.2 Å². The predicted molar refractivity (Wildman–Crippen MR) is 69.5 cm³/mol. The minimum absolute atomic E-state index is 0.165. The van der Waals surface area contributed by atoms with E-state index in [4.69, 9.17) is 19.7 Å². The molecule has 0 radical (unpaired) electrons. The molecule has 6 nitrogen and oxygen atoms in total. The molecule has 0 spiro atoms. The van der Waals surface area contributed by atoms with Gasteiger partial charge in [-0.25, -0.2) is 4.79 Å². The van der Waals surface area contributed by atoms with Crippen LogP contribution in [0.2, 0.25) is 0 Å². The van der Waals surface area contributed by atoms with Crippen molar-refractivity contribution in [2.45, 2.75) is 13.0 Å². The van der Waals surface area contributed by atoms with Crippen molar-refractivity contribution in [1.82, 2.24) is 5.32 Å². The fourth-order valence-corrected chi connectivity index (χ4v) is 1.52. The third-order valence-electron chi connectivity index (χ3n) is 2.42. The standard InChI is InChI=1S/C13H19NO5/c1-18-12-7-10(8-14-5-2-6-15)3-4-11(12)19-9-13(16)17/h3-4,7,14-15H,2,5-6,8-9H2,1H3,(H,16,17). The van der Waals surface area contributed by atoms with Crippen LogP contribution in [0.5, 0.6) is 11.5 Å². The highest BCUT2D eigenvalue weighted by molar-refractivity contribution is 5.68. The molecule has 0 heterocycles. The fourth-order valence-electron chi connectivity index (χ4n) is 1.52. The van der Waals surface area contributed by atoms with Gasteiger partial charge in [-0.1, -0.05) is 6.07 Å². The average Bonchev–Trinajstić information content (AvgIpc) is 2.41.